The molecule has 0 aromatic heterocycles. The summed E-state index contributed by atoms with van der Waals surface area (Å²) < 4.78 is 0. The van der Waals surface area contributed by atoms with Crippen LogP contribution in [-0.2, 0) is 6.54 Å². The Morgan fingerprint density at radius 2 is 2.44 bits per heavy atom. The summed E-state index contributed by atoms with van der Waals surface area (Å²) in [4.78, 5) is 0. The Hall–Kier alpha value is -1.99. The smallest absolute Gasteiger partial charge is 0.170 e. The molecule has 84 valence electrons. The largest absolute Gasteiger partial charge is 0.409 e. The topological polar surface area (TPSA) is 70.6 Å². The molecule has 0 spiro atoms. The maximum Gasteiger partial charge on any atom is 0.170 e. The van der Waals surface area contributed by atoms with Gasteiger partial charge in [-0.2, -0.15) is 0 Å². The molecule has 1 rings (SSSR count). The van der Waals surface area contributed by atoms with Gasteiger partial charge in [0, 0.05) is 12.1 Å². The summed E-state index contributed by atoms with van der Waals surface area (Å²) in [5.41, 5.74) is 7.22. The number of amidine groups is 1. The summed E-state index contributed by atoms with van der Waals surface area (Å²) in [5, 5.41) is 14.7. The van der Waals surface area contributed by atoms with E-state index in [9.17, 15) is 0 Å². The lowest BCUT2D eigenvalue weighted by Crippen LogP contribution is -2.23. The molecule has 0 amide bonds. The molecule has 0 bridgehead atoms. The molecule has 1 aromatic carbocycles. The van der Waals surface area contributed by atoms with Gasteiger partial charge in [-0.1, -0.05) is 29.3 Å². The summed E-state index contributed by atoms with van der Waals surface area (Å²) in [6.45, 7) is 2.56. The van der Waals surface area contributed by atoms with Crippen LogP contribution in [0.2, 0.25) is 0 Å². The molecule has 0 heterocycles. The molecule has 4 nitrogen and oxygen atoms in total. The summed E-state index contributed by atoms with van der Waals surface area (Å²) in [5.74, 6) is 2.69. The van der Waals surface area contributed by atoms with Crippen molar-refractivity contribution in [3.8, 4) is 12.3 Å². The minimum absolute atomic E-state index is 0.0208. The third-order valence-electron chi connectivity index (χ3n) is 2.19. The zero-order chi connectivity index (χ0) is 12.0. The number of hydrogen-bond donors (Lipinski definition) is 3. The van der Waals surface area contributed by atoms with Gasteiger partial charge in [0.2, 0.25) is 0 Å². The Balaban J connectivity index is 2.72. The Morgan fingerprint density at radius 1 is 1.69 bits per heavy atom. The van der Waals surface area contributed by atoms with Gasteiger partial charge in [0.15, 0.2) is 5.84 Å². The fourth-order valence-corrected chi connectivity index (χ4v) is 1.23. The van der Waals surface area contributed by atoms with E-state index in [1.165, 1.54) is 0 Å². The predicted octanol–water partition coefficient (Wildman–Crippen LogP) is 0.892. The van der Waals surface area contributed by atoms with Crippen LogP contribution < -0.4 is 11.1 Å². The van der Waals surface area contributed by atoms with Crippen LogP contribution in [0.3, 0.4) is 0 Å². The molecular formula is C12H15N3O. The molecular weight excluding hydrogens is 202 g/mol. The highest BCUT2D eigenvalue weighted by Crippen LogP contribution is 2.05. The number of nitrogens with zero attached hydrogens (tertiary/aromatic N) is 1. The van der Waals surface area contributed by atoms with Crippen molar-refractivity contribution in [2.75, 3.05) is 0 Å². The summed E-state index contributed by atoms with van der Waals surface area (Å²) in [7, 11) is 0. The summed E-state index contributed by atoms with van der Waals surface area (Å²) >= 11 is 0. The molecule has 4 heteroatoms. The maximum atomic E-state index is 8.56. The molecule has 0 aliphatic carbocycles. The van der Waals surface area contributed by atoms with Crippen LogP contribution in [0.25, 0.3) is 0 Å². The number of benzene rings is 1. The minimum atomic E-state index is 0.0208. The van der Waals surface area contributed by atoms with Crippen LogP contribution in [0.15, 0.2) is 29.4 Å². The lowest BCUT2D eigenvalue weighted by Gasteiger charge is -2.08. The van der Waals surface area contributed by atoms with Gasteiger partial charge in [-0.25, -0.2) is 0 Å². The lowest BCUT2D eigenvalue weighted by molar-refractivity contribution is 0.318. The van der Waals surface area contributed by atoms with Crippen LogP contribution >= 0.6 is 0 Å². The molecule has 4 N–H and O–H groups in total. The van der Waals surface area contributed by atoms with Gasteiger partial charge in [0.1, 0.15) is 0 Å². The number of rotatable bonds is 4. The van der Waals surface area contributed by atoms with E-state index >= 15 is 0 Å². The van der Waals surface area contributed by atoms with Gasteiger partial charge < -0.3 is 10.9 Å². The van der Waals surface area contributed by atoms with Crippen LogP contribution in [0.5, 0.6) is 0 Å². The number of nitrogens with one attached hydrogen (secondary N) is 1. The first kappa shape index (κ1) is 12.1. The van der Waals surface area contributed by atoms with E-state index in [0.717, 1.165) is 5.56 Å². The summed E-state index contributed by atoms with van der Waals surface area (Å²) in [6.07, 6.45) is 5.25. The van der Waals surface area contributed by atoms with Gasteiger partial charge in [-0.05, 0) is 18.6 Å². The second kappa shape index (κ2) is 5.79. The predicted molar refractivity (Wildman–Crippen MR) is 64.1 cm³/mol. The Morgan fingerprint density at radius 3 is 3.06 bits per heavy atom. The second-order valence-corrected chi connectivity index (χ2v) is 3.45. The van der Waals surface area contributed by atoms with Crippen molar-refractivity contribution in [1.29, 1.82) is 0 Å². The van der Waals surface area contributed by atoms with Crippen LogP contribution in [-0.4, -0.2) is 17.1 Å². The first-order chi connectivity index (χ1) is 7.67. The van der Waals surface area contributed by atoms with Crippen molar-refractivity contribution < 1.29 is 5.21 Å². The molecule has 0 aliphatic heterocycles. The van der Waals surface area contributed by atoms with Crippen molar-refractivity contribution in [3.05, 3.63) is 35.4 Å². The zero-order valence-electron chi connectivity index (χ0n) is 9.14. The van der Waals surface area contributed by atoms with Crippen LogP contribution in [0.4, 0.5) is 0 Å². The van der Waals surface area contributed by atoms with Gasteiger partial charge in [0.25, 0.3) is 0 Å². The first-order valence-corrected chi connectivity index (χ1v) is 4.93. The van der Waals surface area contributed by atoms with Crippen molar-refractivity contribution in [1.82, 2.24) is 5.32 Å². The van der Waals surface area contributed by atoms with E-state index in [1.54, 1.807) is 6.07 Å². The standard InChI is InChI=1S/C12H15N3O/c1-3-9(2)14-8-10-5-4-6-11(7-10)12(13)15-16/h1,4-7,9,14,16H,8H2,2H3,(H2,13,15). The minimum Gasteiger partial charge on any atom is -0.409 e. The normalized spacial score (nSPS) is 13.1. The number of terminal acetylenes is 1. The monoisotopic (exact) mass is 217 g/mol. The van der Waals surface area contributed by atoms with E-state index in [4.69, 9.17) is 17.4 Å². The molecule has 0 fully saturated rings. The molecule has 16 heavy (non-hydrogen) atoms. The first-order valence-electron chi connectivity index (χ1n) is 4.93. The third-order valence-corrected chi connectivity index (χ3v) is 2.19. The Labute approximate surface area is 95.2 Å². The van der Waals surface area contributed by atoms with Crippen molar-refractivity contribution in [3.63, 3.8) is 0 Å². The number of oxime groups is 1. The molecule has 1 unspecified atom stereocenters. The number of hydrogen-bond acceptors (Lipinski definition) is 3. The van der Waals surface area contributed by atoms with Gasteiger partial charge in [-0.3, -0.25) is 5.32 Å². The fourth-order valence-electron chi connectivity index (χ4n) is 1.23. The Bertz CT molecular complexity index is 421. The SMILES string of the molecule is C#CC(C)NCc1cccc(/C(N)=N/O)c1. The average molecular weight is 217 g/mol. The highest BCUT2D eigenvalue weighted by atomic mass is 16.4. The second-order valence-electron chi connectivity index (χ2n) is 3.45. The molecule has 0 radical (unpaired) electrons. The van der Waals surface area contributed by atoms with Crippen molar-refractivity contribution in [2.45, 2.75) is 19.5 Å². The van der Waals surface area contributed by atoms with E-state index in [0.29, 0.717) is 12.1 Å². The number of nitrogens with two attached hydrogens (primary N) is 1. The van der Waals surface area contributed by atoms with E-state index in [1.807, 2.05) is 25.1 Å². The van der Waals surface area contributed by atoms with E-state index < -0.39 is 0 Å². The highest BCUT2D eigenvalue weighted by molar-refractivity contribution is 5.97. The van der Waals surface area contributed by atoms with Gasteiger partial charge in [-0.15, -0.1) is 6.42 Å². The van der Waals surface area contributed by atoms with Crippen molar-refractivity contribution in [2.24, 2.45) is 10.9 Å². The molecule has 0 saturated heterocycles. The van der Waals surface area contributed by atoms with E-state index in [-0.39, 0.29) is 11.9 Å². The van der Waals surface area contributed by atoms with E-state index in [2.05, 4.69) is 16.4 Å². The van der Waals surface area contributed by atoms with Crippen LogP contribution in [0.1, 0.15) is 18.1 Å². The molecule has 1 atom stereocenters. The third kappa shape index (κ3) is 3.30. The van der Waals surface area contributed by atoms with Crippen LogP contribution in [0, 0.1) is 12.3 Å². The molecule has 1 aromatic rings. The van der Waals surface area contributed by atoms with Crippen molar-refractivity contribution >= 4 is 5.84 Å². The zero-order valence-corrected chi connectivity index (χ0v) is 9.14. The quantitative estimate of drug-likeness (QED) is 0.231. The summed E-state index contributed by atoms with van der Waals surface area (Å²) in [6, 6.07) is 7.46. The fraction of sp³-hybridized carbons (Fsp3) is 0.250. The maximum absolute atomic E-state index is 8.56. The van der Waals surface area contributed by atoms with Gasteiger partial charge >= 0.3 is 0 Å². The van der Waals surface area contributed by atoms with Gasteiger partial charge in [0.05, 0.1) is 6.04 Å². The highest BCUT2D eigenvalue weighted by Gasteiger charge is 2.01. The lowest BCUT2D eigenvalue weighted by atomic mass is 10.1. The Kier molecular flexibility index (Phi) is 4.37. The molecule has 0 saturated carbocycles. The molecule has 0 aliphatic rings. The average Bonchev–Trinajstić information content (AvgIpc) is 2.35.